The molecule has 4 atom stereocenters. The van der Waals surface area contributed by atoms with Crippen LogP contribution < -0.4 is 20.7 Å². The minimum atomic E-state index is -5.86. The van der Waals surface area contributed by atoms with Crippen LogP contribution in [0.1, 0.15) is 149 Å². The number of imide groups is 2. The molecule has 9 rings (SSSR count). The SMILES string of the molecule is CC(C)(C)[C@H](NC(=O)c1cc2cc(C(F)(F)P(=O)(O)O)ccc2s1)C(=O)N1Cc2cc(OCC(=O)NCCCCCCCCCC#Cc3cccc4c3C(=O)N(C3CCC(=O)NC3=O)C4=O)ccc2C[C@H]1C(=O)N1CCO[C@H](c2ccccc2)C1. The molecule has 4 aliphatic heterocycles. The van der Waals surface area contributed by atoms with Crippen molar-refractivity contribution < 1.29 is 71.0 Å². The summed E-state index contributed by atoms with van der Waals surface area (Å²) in [7, 11) is -5.86. The van der Waals surface area contributed by atoms with E-state index in [2.05, 4.69) is 27.8 Å². The van der Waals surface area contributed by atoms with Crippen molar-refractivity contribution in [3.8, 4) is 17.6 Å². The van der Waals surface area contributed by atoms with Gasteiger partial charge in [0.1, 0.15) is 30.0 Å². The highest BCUT2D eigenvalue weighted by molar-refractivity contribution is 7.52. The monoisotopic (exact) mass is 1200 g/mol. The lowest BCUT2D eigenvalue weighted by Gasteiger charge is -2.43. The van der Waals surface area contributed by atoms with Crippen molar-refractivity contribution in [3.05, 3.63) is 135 Å². The summed E-state index contributed by atoms with van der Waals surface area (Å²) in [6, 6.07) is 20.8. The van der Waals surface area contributed by atoms with Crippen LogP contribution in [0.25, 0.3) is 10.1 Å². The lowest BCUT2D eigenvalue weighted by molar-refractivity contribution is -0.153. The summed E-state index contributed by atoms with van der Waals surface area (Å²) >= 11 is 0.952. The van der Waals surface area contributed by atoms with Gasteiger partial charge < -0.3 is 39.7 Å². The molecule has 448 valence electrons. The molecule has 2 fully saturated rings. The normalized spacial score (nSPS) is 18.5. The predicted octanol–water partition coefficient (Wildman–Crippen LogP) is 7.90. The van der Waals surface area contributed by atoms with E-state index >= 15 is 4.79 Å². The highest BCUT2D eigenvalue weighted by Crippen LogP contribution is 2.59. The molecule has 0 spiro atoms. The van der Waals surface area contributed by atoms with Gasteiger partial charge in [-0.05, 0) is 89.2 Å². The largest absolute Gasteiger partial charge is 0.484 e. The van der Waals surface area contributed by atoms with E-state index in [-0.39, 0.29) is 85.3 Å². The topological polar surface area (TPSA) is 258 Å². The summed E-state index contributed by atoms with van der Waals surface area (Å²) in [6.45, 7) is 6.22. The lowest BCUT2D eigenvalue weighted by atomic mass is 9.84. The molecule has 23 heteroatoms. The summed E-state index contributed by atoms with van der Waals surface area (Å²) in [5.74, 6) is 2.41. The van der Waals surface area contributed by atoms with Crippen molar-refractivity contribution >= 4 is 76.3 Å². The fourth-order valence-electron chi connectivity index (χ4n) is 11.0. The van der Waals surface area contributed by atoms with E-state index in [0.717, 1.165) is 84.4 Å². The molecule has 19 nitrogen and oxygen atoms in total. The number of hydrogen-bond acceptors (Lipinski definition) is 12. The number of fused-ring (bicyclic) bond motifs is 3. The molecular formula is C62H67F2N6O13PS. The molecule has 4 aliphatic rings. The first-order valence-electron chi connectivity index (χ1n) is 28.4. The van der Waals surface area contributed by atoms with Crippen molar-refractivity contribution in [2.24, 2.45) is 5.41 Å². The maximum atomic E-state index is 15.2. The zero-order valence-corrected chi connectivity index (χ0v) is 49.0. The Hall–Kier alpha value is -7.67. The molecule has 5 heterocycles. The van der Waals surface area contributed by atoms with Crippen LogP contribution in [0, 0.1) is 17.3 Å². The molecule has 5 N–H and O–H groups in total. The molecule has 4 aromatic carbocycles. The first-order chi connectivity index (χ1) is 40.5. The number of amides is 8. The Balaban J connectivity index is 0.766. The van der Waals surface area contributed by atoms with Crippen molar-refractivity contribution in [2.45, 2.75) is 128 Å². The van der Waals surface area contributed by atoms with Crippen LogP contribution >= 0.6 is 18.9 Å². The average molecular weight is 1210 g/mol. The number of piperidine rings is 1. The Kier molecular flexibility index (Phi) is 19.1. The number of hydrogen-bond donors (Lipinski definition) is 5. The summed E-state index contributed by atoms with van der Waals surface area (Å²) < 4.78 is 53.4. The lowest BCUT2D eigenvalue weighted by Crippen LogP contribution is -2.61. The second kappa shape index (κ2) is 26.3. The van der Waals surface area contributed by atoms with Crippen molar-refractivity contribution in [2.75, 3.05) is 32.8 Å². The molecule has 8 amide bonds. The summed E-state index contributed by atoms with van der Waals surface area (Å²) in [5.41, 5.74) is -3.15. The first-order valence-corrected chi connectivity index (χ1v) is 30.8. The number of unbranched alkanes of at least 4 members (excludes halogenated alkanes) is 7. The van der Waals surface area contributed by atoms with Crippen LogP contribution in [-0.4, -0.2) is 123 Å². The van der Waals surface area contributed by atoms with Crippen LogP contribution in [0.15, 0.2) is 91.0 Å². The molecular weight excluding hydrogens is 1140 g/mol. The minimum absolute atomic E-state index is 0.0383. The van der Waals surface area contributed by atoms with Crippen LogP contribution in [-0.2, 0) is 51.9 Å². The summed E-state index contributed by atoms with van der Waals surface area (Å²) in [5, 5.41) is 8.12. The molecule has 0 saturated carbocycles. The van der Waals surface area contributed by atoms with Gasteiger partial charge in [0.05, 0.1) is 29.2 Å². The second-order valence-electron chi connectivity index (χ2n) is 22.7. The Morgan fingerprint density at radius 2 is 1.62 bits per heavy atom. The Morgan fingerprint density at radius 1 is 0.882 bits per heavy atom. The van der Waals surface area contributed by atoms with Gasteiger partial charge in [0, 0.05) is 54.7 Å². The highest BCUT2D eigenvalue weighted by atomic mass is 32.1. The van der Waals surface area contributed by atoms with Gasteiger partial charge in [0.15, 0.2) is 6.61 Å². The average Bonchev–Trinajstić information content (AvgIpc) is 2.32. The van der Waals surface area contributed by atoms with E-state index in [1.54, 1.807) is 56.0 Å². The van der Waals surface area contributed by atoms with Crippen LogP contribution in [0.2, 0.25) is 0 Å². The Bertz CT molecular complexity index is 3540. The van der Waals surface area contributed by atoms with Crippen molar-refractivity contribution in [1.82, 2.24) is 30.7 Å². The number of nitrogens with one attached hydrogen (secondary N) is 3. The molecule has 5 aromatic rings. The standard InChI is InChI=1S/C62H67F2N6O13PS/c1-61(2,3)54(67-56(74)50-34-41-31-43(23-26-49(41)85-50)62(63,64)84(79,80)81)60(78)69-35-42-32-44(24-22-40(42)33-47(69)58(76)68-29-30-82-48(36-68)38-17-13-11-14-18-38)83-37-52(72)65-28-15-10-8-6-4-5-7-9-12-19-39-20-16-21-45-53(39)59(77)70(57(45)75)46-25-27-51(71)66-55(46)73/h11,13-14,16-18,20-24,26,31-32,34,46-48,54H,4-10,15,25,27-30,33,35-37H2,1-3H3,(H,65,72)(H,67,74)(H,66,71,73)(H2,79,80,81)/t46?,47-,48-,54+/m0/s1. The van der Waals surface area contributed by atoms with Gasteiger partial charge in [-0.15, -0.1) is 11.3 Å². The van der Waals surface area contributed by atoms with Gasteiger partial charge in [-0.2, -0.15) is 8.78 Å². The van der Waals surface area contributed by atoms with Crippen molar-refractivity contribution in [3.63, 3.8) is 0 Å². The smallest absolute Gasteiger partial charge is 0.399 e. The third-order valence-corrected chi connectivity index (χ3v) is 17.7. The summed E-state index contributed by atoms with van der Waals surface area (Å²) in [4.78, 5) is 130. The number of morpholine rings is 1. The molecule has 1 aromatic heterocycles. The van der Waals surface area contributed by atoms with Crippen LogP contribution in [0.4, 0.5) is 8.78 Å². The number of carbonyl (C=O) groups is 8. The third kappa shape index (κ3) is 14.2. The number of carbonyl (C=O) groups excluding carboxylic acids is 8. The molecule has 0 bridgehead atoms. The van der Waals surface area contributed by atoms with E-state index in [1.165, 1.54) is 17.0 Å². The second-order valence-corrected chi connectivity index (χ2v) is 25.5. The van der Waals surface area contributed by atoms with Gasteiger partial charge >= 0.3 is 13.3 Å². The Morgan fingerprint density at radius 3 is 2.35 bits per heavy atom. The number of alkyl halides is 2. The molecule has 0 aliphatic carbocycles. The van der Waals surface area contributed by atoms with Gasteiger partial charge in [-0.3, -0.25) is 53.1 Å². The molecule has 1 unspecified atom stereocenters. The maximum Gasteiger partial charge on any atom is 0.399 e. The zero-order chi connectivity index (χ0) is 60.8. The van der Waals surface area contributed by atoms with E-state index < -0.39 is 83.9 Å². The van der Waals surface area contributed by atoms with Gasteiger partial charge in [0.25, 0.3) is 23.6 Å². The zero-order valence-electron chi connectivity index (χ0n) is 47.3. The van der Waals surface area contributed by atoms with Crippen LogP contribution in [0.5, 0.6) is 5.75 Å². The van der Waals surface area contributed by atoms with Gasteiger partial charge in [-0.25, -0.2) is 0 Å². The first kappa shape index (κ1) is 61.9. The Labute approximate surface area is 494 Å². The quantitative estimate of drug-likeness (QED) is 0.0215. The van der Waals surface area contributed by atoms with Gasteiger partial charge in [0.2, 0.25) is 23.6 Å². The summed E-state index contributed by atoms with van der Waals surface area (Å²) in [6.07, 6.45) is 6.89. The van der Waals surface area contributed by atoms with Crippen LogP contribution in [0.3, 0.4) is 0 Å². The van der Waals surface area contributed by atoms with Crippen molar-refractivity contribution in [1.29, 1.82) is 0 Å². The molecule has 85 heavy (non-hydrogen) atoms. The molecule has 2 saturated heterocycles. The van der Waals surface area contributed by atoms with E-state index in [1.807, 2.05) is 36.4 Å². The van der Waals surface area contributed by atoms with E-state index in [9.17, 15) is 56.7 Å². The third-order valence-electron chi connectivity index (χ3n) is 15.6. The number of benzene rings is 4. The maximum absolute atomic E-state index is 15.2. The number of nitrogens with zero attached hydrogens (tertiary/aromatic N) is 3. The predicted molar refractivity (Wildman–Crippen MR) is 310 cm³/mol. The number of thiophene rings is 1. The van der Waals surface area contributed by atoms with E-state index in [0.29, 0.717) is 34.5 Å². The number of ether oxygens (including phenoxy) is 2. The fraction of sp³-hybridized carbons (Fsp3) is 0.419. The number of halogens is 2. The number of rotatable bonds is 20. The minimum Gasteiger partial charge on any atom is -0.484 e. The fourth-order valence-corrected chi connectivity index (χ4v) is 12.4. The highest BCUT2D eigenvalue weighted by Gasteiger charge is 2.51. The van der Waals surface area contributed by atoms with Gasteiger partial charge in [-0.1, -0.05) is 113 Å². The molecule has 0 radical (unpaired) electrons. The van der Waals surface area contributed by atoms with E-state index in [4.69, 9.17) is 9.47 Å².